The zero-order valence-electron chi connectivity index (χ0n) is 18.6. The van der Waals surface area contributed by atoms with Gasteiger partial charge in [0.1, 0.15) is 0 Å². The summed E-state index contributed by atoms with van der Waals surface area (Å²) in [6, 6.07) is 3.90. The highest BCUT2D eigenvalue weighted by Crippen LogP contribution is 2.31. The summed E-state index contributed by atoms with van der Waals surface area (Å²) in [5.41, 5.74) is 5.98. The first-order valence-electron chi connectivity index (χ1n) is 10.3. The van der Waals surface area contributed by atoms with E-state index in [0.29, 0.717) is 34.9 Å². The number of hydrogen-bond donors (Lipinski definition) is 1. The van der Waals surface area contributed by atoms with E-state index in [1.54, 1.807) is 20.3 Å². The minimum absolute atomic E-state index is 0.00134. The Morgan fingerprint density at radius 3 is 2.76 bits per heavy atom. The highest BCUT2D eigenvalue weighted by atomic mass is 32.1. The molecule has 1 aliphatic rings. The van der Waals surface area contributed by atoms with Crippen LogP contribution in [0.3, 0.4) is 0 Å². The number of morpholine rings is 1. The van der Waals surface area contributed by atoms with E-state index >= 15 is 0 Å². The Morgan fingerprint density at radius 1 is 1.30 bits per heavy atom. The van der Waals surface area contributed by atoms with Crippen LogP contribution < -0.4 is 15.4 Å². The lowest BCUT2D eigenvalue weighted by atomic mass is 10.1. The average Bonchev–Trinajstić information content (AvgIpc) is 3.22. The first-order valence-corrected chi connectivity index (χ1v) is 11.1. The van der Waals surface area contributed by atoms with Gasteiger partial charge >= 0.3 is 6.01 Å². The van der Waals surface area contributed by atoms with Gasteiger partial charge in [0.25, 0.3) is 5.91 Å². The molecule has 12 heteroatoms. The van der Waals surface area contributed by atoms with Crippen LogP contribution in [0.25, 0.3) is 10.7 Å². The fraction of sp³-hybridized carbons (Fsp3) is 0.381. The third-order valence-electron chi connectivity index (χ3n) is 5.27. The topological polar surface area (TPSA) is 120 Å². The molecule has 2 N–H and O–H groups in total. The summed E-state index contributed by atoms with van der Waals surface area (Å²) in [7, 11) is 3.19. The number of anilines is 2. The number of halogens is 1. The van der Waals surface area contributed by atoms with Crippen LogP contribution in [-0.2, 0) is 4.74 Å². The van der Waals surface area contributed by atoms with E-state index in [1.807, 2.05) is 18.7 Å². The van der Waals surface area contributed by atoms with Gasteiger partial charge < -0.3 is 25.0 Å². The van der Waals surface area contributed by atoms with Crippen molar-refractivity contribution in [3.63, 3.8) is 0 Å². The standard InChI is InChI=1S/C21H24FN7O3S/c1-11-12(2)31-8-7-29(11)20-25-17(16-10-24-19(23)33-16)26-21(27-20)32-15-6-5-13(9-14(15)22)18(30)28(3)4/h5-6,9-12H,7-8H2,1-4H3,(H2,23,24)/t11-,12-/m0/s1. The third-order valence-corrected chi connectivity index (χ3v) is 6.10. The van der Waals surface area contributed by atoms with Crippen LogP contribution in [0.1, 0.15) is 24.2 Å². The molecule has 0 unspecified atom stereocenters. The largest absolute Gasteiger partial charge is 0.421 e. The highest BCUT2D eigenvalue weighted by molar-refractivity contribution is 7.18. The van der Waals surface area contributed by atoms with Gasteiger partial charge in [0.05, 0.1) is 29.8 Å². The molecule has 0 aliphatic carbocycles. The Labute approximate surface area is 194 Å². The smallest absolute Gasteiger partial charge is 0.327 e. The van der Waals surface area contributed by atoms with Crippen molar-refractivity contribution in [2.45, 2.75) is 26.0 Å². The lowest BCUT2D eigenvalue weighted by Crippen LogP contribution is -2.49. The summed E-state index contributed by atoms with van der Waals surface area (Å²) in [4.78, 5) is 33.5. The van der Waals surface area contributed by atoms with Gasteiger partial charge in [0.2, 0.25) is 5.95 Å². The molecule has 1 aliphatic heterocycles. The first-order chi connectivity index (χ1) is 15.7. The van der Waals surface area contributed by atoms with Crippen LogP contribution in [0.5, 0.6) is 11.8 Å². The zero-order chi connectivity index (χ0) is 23.7. The van der Waals surface area contributed by atoms with Crippen molar-refractivity contribution in [2.75, 3.05) is 37.9 Å². The predicted octanol–water partition coefficient (Wildman–Crippen LogP) is 2.82. The van der Waals surface area contributed by atoms with Crippen molar-refractivity contribution in [1.82, 2.24) is 24.8 Å². The molecule has 1 saturated heterocycles. The molecular weight excluding hydrogens is 449 g/mol. The summed E-state index contributed by atoms with van der Waals surface area (Å²) in [6.07, 6.45) is 1.54. The molecule has 0 radical (unpaired) electrons. The van der Waals surface area contributed by atoms with Gasteiger partial charge in [-0.2, -0.15) is 15.0 Å². The van der Waals surface area contributed by atoms with E-state index in [1.165, 1.54) is 28.4 Å². The maximum Gasteiger partial charge on any atom is 0.327 e. The Kier molecular flexibility index (Phi) is 6.38. The second kappa shape index (κ2) is 9.24. The number of thiazole rings is 1. The van der Waals surface area contributed by atoms with Gasteiger partial charge in [-0.05, 0) is 32.0 Å². The Morgan fingerprint density at radius 2 is 2.09 bits per heavy atom. The van der Waals surface area contributed by atoms with E-state index in [0.717, 1.165) is 6.07 Å². The van der Waals surface area contributed by atoms with Crippen LogP contribution in [0, 0.1) is 5.82 Å². The third kappa shape index (κ3) is 4.86. The fourth-order valence-corrected chi connectivity index (χ4v) is 3.93. The molecule has 3 heterocycles. The fourth-order valence-electron chi connectivity index (χ4n) is 3.31. The van der Waals surface area contributed by atoms with E-state index in [9.17, 15) is 9.18 Å². The van der Waals surface area contributed by atoms with Crippen LogP contribution in [0.4, 0.5) is 15.5 Å². The number of rotatable bonds is 5. The van der Waals surface area contributed by atoms with Crippen molar-refractivity contribution >= 4 is 28.3 Å². The number of amides is 1. The maximum atomic E-state index is 14.7. The summed E-state index contributed by atoms with van der Waals surface area (Å²) in [5, 5.41) is 0.370. The molecule has 10 nitrogen and oxygen atoms in total. The minimum atomic E-state index is -0.707. The number of nitrogens with two attached hydrogens (primary N) is 1. The lowest BCUT2D eigenvalue weighted by Gasteiger charge is -2.37. The number of benzene rings is 1. The number of aromatic nitrogens is 4. The van der Waals surface area contributed by atoms with Crippen LogP contribution in [-0.4, -0.2) is 70.1 Å². The average molecular weight is 474 g/mol. The van der Waals surface area contributed by atoms with Gasteiger partial charge in [0.15, 0.2) is 22.5 Å². The molecule has 1 aromatic carbocycles. The number of ether oxygens (including phenoxy) is 2. The SMILES string of the molecule is C[C@@H]1OCCN(c2nc(Oc3ccc(C(=O)N(C)C)cc3F)nc(-c3cnc(N)s3)n2)[C@H]1C. The second-order valence-electron chi connectivity index (χ2n) is 7.76. The molecule has 2 atom stereocenters. The highest BCUT2D eigenvalue weighted by Gasteiger charge is 2.29. The van der Waals surface area contributed by atoms with Crippen LogP contribution >= 0.6 is 11.3 Å². The summed E-state index contributed by atoms with van der Waals surface area (Å²) in [6.45, 7) is 5.09. The molecule has 0 spiro atoms. The molecule has 0 bridgehead atoms. The second-order valence-corrected chi connectivity index (χ2v) is 8.82. The molecule has 3 aromatic rings. The van der Waals surface area contributed by atoms with Gasteiger partial charge in [-0.25, -0.2) is 9.37 Å². The number of carbonyl (C=O) groups is 1. The van der Waals surface area contributed by atoms with Gasteiger partial charge in [-0.15, -0.1) is 0 Å². The summed E-state index contributed by atoms with van der Waals surface area (Å²) < 4.78 is 26.1. The molecular formula is C21H24FN7O3S. The zero-order valence-corrected chi connectivity index (χ0v) is 19.5. The Hall–Kier alpha value is -3.38. The molecule has 33 heavy (non-hydrogen) atoms. The number of nitrogen functional groups attached to an aromatic ring is 1. The van der Waals surface area contributed by atoms with Crippen molar-refractivity contribution in [3.8, 4) is 22.5 Å². The van der Waals surface area contributed by atoms with Crippen molar-refractivity contribution in [2.24, 2.45) is 0 Å². The van der Waals surface area contributed by atoms with E-state index < -0.39 is 5.82 Å². The molecule has 0 saturated carbocycles. The minimum Gasteiger partial charge on any atom is -0.421 e. The number of hydrogen-bond acceptors (Lipinski definition) is 10. The Bertz CT molecular complexity index is 1170. The van der Waals surface area contributed by atoms with Crippen LogP contribution in [0.15, 0.2) is 24.4 Å². The quantitative estimate of drug-likeness (QED) is 0.596. The van der Waals surface area contributed by atoms with E-state index in [2.05, 4.69) is 19.9 Å². The van der Waals surface area contributed by atoms with Gasteiger partial charge in [-0.1, -0.05) is 11.3 Å². The molecule has 1 fully saturated rings. The van der Waals surface area contributed by atoms with Crippen LogP contribution in [0.2, 0.25) is 0 Å². The predicted molar refractivity (Wildman–Crippen MR) is 122 cm³/mol. The van der Waals surface area contributed by atoms with E-state index in [-0.39, 0.29) is 35.4 Å². The maximum absolute atomic E-state index is 14.7. The number of carbonyl (C=O) groups excluding carboxylic acids is 1. The molecule has 4 rings (SSSR count). The number of nitrogens with zero attached hydrogens (tertiary/aromatic N) is 6. The molecule has 2 aromatic heterocycles. The van der Waals surface area contributed by atoms with Crippen molar-refractivity contribution in [3.05, 3.63) is 35.8 Å². The normalized spacial score (nSPS) is 18.3. The molecule has 174 valence electrons. The monoisotopic (exact) mass is 473 g/mol. The summed E-state index contributed by atoms with van der Waals surface area (Å²) >= 11 is 1.22. The molecule has 1 amide bonds. The van der Waals surface area contributed by atoms with Gasteiger partial charge in [-0.3, -0.25) is 4.79 Å². The first kappa shape index (κ1) is 22.8. The van der Waals surface area contributed by atoms with Crippen molar-refractivity contribution < 1.29 is 18.7 Å². The Balaban J connectivity index is 1.71. The summed E-state index contributed by atoms with van der Waals surface area (Å²) in [5.74, 6) is -0.439. The van der Waals surface area contributed by atoms with Gasteiger partial charge in [0, 0.05) is 26.2 Å². The van der Waals surface area contributed by atoms with E-state index in [4.69, 9.17) is 15.2 Å². The van der Waals surface area contributed by atoms with Crippen molar-refractivity contribution in [1.29, 1.82) is 0 Å². The lowest BCUT2D eigenvalue weighted by molar-refractivity contribution is 0.0277.